The molecule has 0 atom stereocenters. The number of rotatable bonds is 4. The smallest absolute Gasteiger partial charge is 0.161 e. The highest BCUT2D eigenvalue weighted by molar-refractivity contribution is 6.06. The summed E-state index contributed by atoms with van der Waals surface area (Å²) in [6.45, 7) is 2.01. The van der Waals surface area contributed by atoms with Gasteiger partial charge in [0.2, 0.25) is 0 Å². The Balaban J connectivity index is 2.14. The number of fused-ring (bicyclic) bond motifs is 1. The van der Waals surface area contributed by atoms with Gasteiger partial charge in [-0.15, -0.1) is 0 Å². The van der Waals surface area contributed by atoms with Crippen LogP contribution in [0.2, 0.25) is 0 Å². The van der Waals surface area contributed by atoms with Crippen molar-refractivity contribution >= 4 is 10.8 Å². The summed E-state index contributed by atoms with van der Waals surface area (Å²) in [6.07, 6.45) is 0. The molecular formula is C25H19FN2O2. The molecule has 3 aromatic carbocycles. The number of aromatic nitrogens is 1. The van der Waals surface area contributed by atoms with Crippen molar-refractivity contribution in [1.82, 2.24) is 4.98 Å². The van der Waals surface area contributed by atoms with Crippen LogP contribution >= 0.6 is 0 Å². The fraction of sp³-hybridized carbons (Fsp3) is 0.120. The number of benzene rings is 3. The normalized spacial score (nSPS) is 10.6. The van der Waals surface area contributed by atoms with Gasteiger partial charge >= 0.3 is 0 Å². The van der Waals surface area contributed by atoms with Gasteiger partial charge in [0.15, 0.2) is 11.5 Å². The summed E-state index contributed by atoms with van der Waals surface area (Å²) in [5.74, 6) is 0.771. The van der Waals surface area contributed by atoms with E-state index in [4.69, 9.17) is 9.47 Å². The Hall–Kier alpha value is -3.91. The lowest BCUT2D eigenvalue weighted by Gasteiger charge is -2.16. The maximum atomic E-state index is 13.5. The molecule has 0 saturated heterocycles. The van der Waals surface area contributed by atoms with E-state index in [1.54, 1.807) is 26.4 Å². The number of aryl methyl sites for hydroxylation is 1. The fourth-order valence-corrected chi connectivity index (χ4v) is 3.56. The van der Waals surface area contributed by atoms with Crippen LogP contribution in [0, 0.1) is 24.1 Å². The van der Waals surface area contributed by atoms with Crippen LogP contribution in [0.25, 0.3) is 33.2 Å². The lowest BCUT2D eigenvalue weighted by molar-refractivity contribution is 0.356. The van der Waals surface area contributed by atoms with Gasteiger partial charge in [0.05, 0.1) is 19.9 Å². The summed E-state index contributed by atoms with van der Waals surface area (Å²) in [4.78, 5) is 4.67. The van der Waals surface area contributed by atoms with Crippen molar-refractivity contribution in [1.29, 1.82) is 5.26 Å². The number of pyridine rings is 1. The van der Waals surface area contributed by atoms with E-state index in [2.05, 4.69) is 11.1 Å². The van der Waals surface area contributed by atoms with Gasteiger partial charge in [0.25, 0.3) is 0 Å². The number of halogens is 1. The minimum atomic E-state index is -0.334. The molecule has 0 aliphatic rings. The van der Waals surface area contributed by atoms with Gasteiger partial charge in [-0.3, -0.25) is 0 Å². The summed E-state index contributed by atoms with van der Waals surface area (Å²) in [5.41, 5.74) is 4.31. The fourth-order valence-electron chi connectivity index (χ4n) is 3.56. The Morgan fingerprint density at radius 1 is 0.833 bits per heavy atom. The Morgan fingerprint density at radius 2 is 1.40 bits per heavy atom. The van der Waals surface area contributed by atoms with Crippen molar-refractivity contribution in [3.63, 3.8) is 0 Å². The Morgan fingerprint density at radius 3 is 1.97 bits per heavy atom. The molecule has 0 aliphatic carbocycles. The number of hydrogen-bond donors (Lipinski definition) is 0. The second-order valence-electron chi connectivity index (χ2n) is 6.92. The first-order valence-corrected chi connectivity index (χ1v) is 9.38. The second kappa shape index (κ2) is 7.84. The molecule has 1 heterocycles. The summed E-state index contributed by atoms with van der Waals surface area (Å²) >= 11 is 0. The molecule has 0 N–H and O–H groups in total. The van der Waals surface area contributed by atoms with Gasteiger partial charge in [0.1, 0.15) is 17.6 Å². The van der Waals surface area contributed by atoms with Gasteiger partial charge in [-0.2, -0.15) is 5.26 Å². The van der Waals surface area contributed by atoms with E-state index in [0.29, 0.717) is 22.8 Å². The Bertz CT molecular complexity index is 1270. The number of ether oxygens (including phenoxy) is 2. The monoisotopic (exact) mass is 398 g/mol. The maximum absolute atomic E-state index is 13.5. The van der Waals surface area contributed by atoms with Crippen molar-refractivity contribution in [2.24, 2.45) is 0 Å². The number of methoxy groups -OCH3 is 2. The van der Waals surface area contributed by atoms with Crippen molar-refractivity contribution in [3.05, 3.63) is 77.7 Å². The van der Waals surface area contributed by atoms with Crippen molar-refractivity contribution in [2.45, 2.75) is 6.92 Å². The summed E-state index contributed by atoms with van der Waals surface area (Å²) in [7, 11) is 3.14. The Kier molecular flexibility index (Phi) is 5.07. The molecule has 4 nitrogen and oxygen atoms in total. The van der Waals surface area contributed by atoms with Gasteiger partial charge in [-0.25, -0.2) is 9.37 Å². The lowest BCUT2D eigenvalue weighted by Crippen LogP contribution is -1.98. The molecule has 0 fully saturated rings. The molecule has 4 rings (SSSR count). The van der Waals surface area contributed by atoms with Crippen LogP contribution in [0.4, 0.5) is 4.39 Å². The third-order valence-corrected chi connectivity index (χ3v) is 5.07. The van der Waals surface area contributed by atoms with E-state index in [9.17, 15) is 9.65 Å². The minimum absolute atomic E-state index is 0.290. The molecule has 4 aromatic rings. The van der Waals surface area contributed by atoms with Crippen LogP contribution in [-0.4, -0.2) is 19.2 Å². The summed E-state index contributed by atoms with van der Waals surface area (Å²) in [6, 6.07) is 19.9. The average molecular weight is 398 g/mol. The molecule has 1 aromatic heterocycles. The predicted octanol–water partition coefficient (Wildman–Crippen LogP) is 5.91. The third-order valence-electron chi connectivity index (χ3n) is 5.07. The third kappa shape index (κ3) is 3.33. The SMILES string of the molecule is COc1cc2c(-c3ccc(F)cc3)nc(C#N)c(-c3ccc(C)cc3)c2cc1OC. The van der Waals surface area contributed by atoms with E-state index in [1.165, 1.54) is 12.1 Å². The van der Waals surface area contributed by atoms with Crippen LogP contribution in [-0.2, 0) is 0 Å². The molecule has 0 radical (unpaired) electrons. The van der Waals surface area contributed by atoms with Crippen LogP contribution < -0.4 is 9.47 Å². The average Bonchev–Trinajstić information content (AvgIpc) is 2.78. The van der Waals surface area contributed by atoms with E-state index in [1.807, 2.05) is 43.3 Å². The van der Waals surface area contributed by atoms with Crippen LogP contribution in [0.5, 0.6) is 11.5 Å². The van der Waals surface area contributed by atoms with Crippen molar-refractivity contribution < 1.29 is 13.9 Å². The number of nitriles is 1. The standard InChI is InChI=1S/C25H19FN2O2/c1-15-4-6-16(7-5-15)24-19-12-22(29-2)23(30-3)13-20(19)25(28-21(24)14-27)17-8-10-18(26)11-9-17/h4-13H,1-3H3. The van der Waals surface area contributed by atoms with Crippen molar-refractivity contribution in [2.75, 3.05) is 14.2 Å². The number of hydrogen-bond acceptors (Lipinski definition) is 4. The highest BCUT2D eigenvalue weighted by Crippen LogP contribution is 2.42. The van der Waals surface area contributed by atoms with E-state index >= 15 is 0 Å². The number of nitrogens with zero attached hydrogens (tertiary/aromatic N) is 2. The van der Waals surface area contributed by atoms with Gasteiger partial charge < -0.3 is 9.47 Å². The molecule has 0 spiro atoms. The predicted molar refractivity (Wildman–Crippen MR) is 115 cm³/mol. The highest BCUT2D eigenvalue weighted by atomic mass is 19.1. The van der Waals surface area contributed by atoms with E-state index in [-0.39, 0.29) is 11.5 Å². The van der Waals surface area contributed by atoms with E-state index in [0.717, 1.165) is 27.5 Å². The molecular weight excluding hydrogens is 379 g/mol. The van der Waals surface area contributed by atoms with Gasteiger partial charge in [-0.05, 0) is 54.3 Å². The zero-order valence-corrected chi connectivity index (χ0v) is 16.9. The molecule has 5 heteroatoms. The second-order valence-corrected chi connectivity index (χ2v) is 6.92. The zero-order chi connectivity index (χ0) is 21.3. The minimum Gasteiger partial charge on any atom is -0.493 e. The molecule has 0 amide bonds. The molecule has 0 saturated carbocycles. The lowest BCUT2D eigenvalue weighted by atomic mass is 9.93. The first-order chi connectivity index (χ1) is 14.5. The highest BCUT2D eigenvalue weighted by Gasteiger charge is 2.19. The first-order valence-electron chi connectivity index (χ1n) is 9.38. The molecule has 30 heavy (non-hydrogen) atoms. The van der Waals surface area contributed by atoms with Gasteiger partial charge in [-0.1, -0.05) is 29.8 Å². The summed E-state index contributed by atoms with van der Waals surface area (Å²) < 4.78 is 24.5. The molecule has 0 unspecified atom stereocenters. The quantitative estimate of drug-likeness (QED) is 0.429. The van der Waals surface area contributed by atoms with E-state index < -0.39 is 0 Å². The zero-order valence-electron chi connectivity index (χ0n) is 16.9. The van der Waals surface area contributed by atoms with Crippen LogP contribution in [0.15, 0.2) is 60.7 Å². The first kappa shape index (κ1) is 19.4. The van der Waals surface area contributed by atoms with Gasteiger partial charge in [0, 0.05) is 16.5 Å². The maximum Gasteiger partial charge on any atom is 0.161 e. The molecule has 0 bridgehead atoms. The van der Waals surface area contributed by atoms with Crippen LogP contribution in [0.3, 0.4) is 0 Å². The van der Waals surface area contributed by atoms with Crippen LogP contribution in [0.1, 0.15) is 11.3 Å². The molecule has 0 aliphatic heterocycles. The summed E-state index contributed by atoms with van der Waals surface area (Å²) in [5, 5.41) is 11.5. The molecule has 148 valence electrons. The Labute approximate surface area is 174 Å². The van der Waals surface area contributed by atoms with Crippen molar-refractivity contribution in [3.8, 4) is 40.0 Å². The topological polar surface area (TPSA) is 55.1 Å². The largest absolute Gasteiger partial charge is 0.493 e.